The number of fused-ring (bicyclic) bond motifs is 9. The summed E-state index contributed by atoms with van der Waals surface area (Å²) in [7, 11) is -2.63. The summed E-state index contributed by atoms with van der Waals surface area (Å²) in [6, 6.07) is 80.8. The Hall–Kier alpha value is -8.51. The molecule has 0 spiro atoms. The molecule has 0 bridgehead atoms. The second kappa shape index (κ2) is 14.3. The molecule has 0 fully saturated rings. The van der Waals surface area contributed by atoms with Crippen molar-refractivity contribution in [1.29, 1.82) is 0 Å². The zero-order chi connectivity index (χ0) is 42.2. The highest BCUT2D eigenvalue weighted by atomic mass is 32.3. The molecule has 8 heteroatoms. The molecule has 0 aliphatic rings. The van der Waals surface area contributed by atoms with E-state index in [0.717, 1.165) is 70.3 Å². The molecule has 1 unspecified atom stereocenters. The van der Waals surface area contributed by atoms with Crippen molar-refractivity contribution in [3.63, 3.8) is 0 Å². The Labute approximate surface area is 369 Å². The molecule has 0 saturated carbocycles. The van der Waals surface area contributed by atoms with Crippen molar-refractivity contribution in [2.75, 3.05) is 0 Å². The van der Waals surface area contributed by atoms with Gasteiger partial charge < -0.3 is 0 Å². The van der Waals surface area contributed by atoms with Crippen molar-refractivity contribution in [2.45, 2.75) is 14.9 Å². The normalized spacial score (nSPS) is 12.2. The monoisotopic (exact) mass is 837 g/mol. The van der Waals surface area contributed by atoms with Crippen LogP contribution in [0.4, 0.5) is 0 Å². The van der Waals surface area contributed by atoms with Gasteiger partial charge in [-0.3, -0.25) is 13.1 Å². The van der Waals surface area contributed by atoms with E-state index in [1.165, 1.54) is 10.8 Å². The molecular formula is C56H35N7S. The molecule has 0 N–H and O–H groups in total. The Morgan fingerprint density at radius 1 is 0.359 bits per heavy atom. The molecule has 0 aliphatic carbocycles. The first-order chi connectivity index (χ1) is 31.8. The maximum atomic E-state index is 5.75. The molecule has 13 rings (SSSR count). The Kier molecular flexibility index (Phi) is 8.07. The van der Waals surface area contributed by atoms with Gasteiger partial charge in [-0.2, -0.15) is 15.0 Å². The van der Waals surface area contributed by atoms with Crippen LogP contribution in [0.1, 0.15) is 0 Å². The zero-order valence-corrected chi connectivity index (χ0v) is 35.1. The van der Waals surface area contributed by atoms with Crippen LogP contribution in [0.3, 0.4) is 0 Å². The van der Waals surface area contributed by atoms with E-state index in [1.54, 1.807) is 0 Å². The van der Waals surface area contributed by atoms with Crippen LogP contribution < -0.4 is 0 Å². The molecule has 0 aliphatic heterocycles. The van der Waals surface area contributed by atoms with Gasteiger partial charge in [0.1, 0.15) is 11.5 Å². The summed E-state index contributed by atoms with van der Waals surface area (Å²) in [6.07, 6.45) is 0. The second-order valence-corrected chi connectivity index (χ2v) is 18.6. The molecule has 1 atom stereocenters. The lowest BCUT2D eigenvalue weighted by Gasteiger charge is -2.41. The van der Waals surface area contributed by atoms with Crippen LogP contribution in [0.5, 0.6) is 0 Å². The molecule has 0 saturated heterocycles. The minimum absolute atomic E-state index is 0.463. The van der Waals surface area contributed by atoms with Crippen LogP contribution in [0.2, 0.25) is 0 Å². The van der Waals surface area contributed by atoms with Gasteiger partial charge in [0.15, 0.2) is 5.82 Å². The van der Waals surface area contributed by atoms with E-state index in [9.17, 15) is 0 Å². The molecule has 64 heavy (non-hydrogen) atoms. The number of nitrogens with zero attached hydrogens (tertiary/aromatic N) is 7. The van der Waals surface area contributed by atoms with Crippen molar-refractivity contribution < 1.29 is 0 Å². The van der Waals surface area contributed by atoms with E-state index in [0.29, 0.717) is 22.6 Å². The second-order valence-electron chi connectivity index (χ2n) is 15.8. The number of rotatable bonds is 7. The van der Waals surface area contributed by atoms with E-state index in [4.69, 9.17) is 19.9 Å². The lowest BCUT2D eigenvalue weighted by Crippen LogP contribution is -2.18. The van der Waals surface area contributed by atoms with Crippen molar-refractivity contribution in [2.24, 2.45) is 0 Å². The van der Waals surface area contributed by atoms with Crippen molar-refractivity contribution in [3.05, 3.63) is 224 Å². The minimum Gasteiger partial charge on any atom is -0.294 e. The molecule has 13 aromatic rings. The lowest BCUT2D eigenvalue weighted by atomic mass is 10.2. The SMILES string of the molecule is c1ccc(S(c2ccccc2)(c2nc(-c3cccc(-n4c5ccccc5c5ccccc54)n3)nc(-n3c4ccccc4c4ccccc43)n2)n2c3ccccc3c3ccccc32)cc#1. The highest BCUT2D eigenvalue weighted by Gasteiger charge is 2.40. The predicted molar refractivity (Wildman–Crippen MR) is 260 cm³/mol. The van der Waals surface area contributed by atoms with Gasteiger partial charge in [0.25, 0.3) is 0 Å². The topological polar surface area (TPSA) is 66.3 Å². The maximum absolute atomic E-state index is 5.75. The summed E-state index contributed by atoms with van der Waals surface area (Å²) in [5.41, 5.74) is 6.92. The summed E-state index contributed by atoms with van der Waals surface area (Å²) in [4.78, 5) is 24.4. The third kappa shape index (κ3) is 5.25. The molecule has 0 radical (unpaired) electrons. The molecule has 7 nitrogen and oxygen atoms in total. The highest BCUT2D eigenvalue weighted by Crippen LogP contribution is 2.70. The number of hydrogen-bond acceptors (Lipinski definition) is 4. The Morgan fingerprint density at radius 2 is 0.844 bits per heavy atom. The summed E-state index contributed by atoms with van der Waals surface area (Å²) in [5.74, 6) is 1.73. The number of benzene rings is 7. The molecule has 300 valence electrons. The van der Waals surface area contributed by atoms with Gasteiger partial charge in [-0.05, 0) is 83.0 Å². The van der Waals surface area contributed by atoms with E-state index < -0.39 is 10.2 Å². The largest absolute Gasteiger partial charge is 0.294 e. The van der Waals surface area contributed by atoms with E-state index in [1.807, 2.05) is 12.1 Å². The molecular weight excluding hydrogens is 803 g/mol. The summed E-state index contributed by atoms with van der Waals surface area (Å²) in [6.45, 7) is 0. The van der Waals surface area contributed by atoms with Crippen LogP contribution >= 0.6 is 10.2 Å². The molecule has 0 amide bonds. The first-order valence-electron chi connectivity index (χ1n) is 21.2. The van der Waals surface area contributed by atoms with Crippen LogP contribution in [0.25, 0.3) is 88.7 Å². The van der Waals surface area contributed by atoms with Gasteiger partial charge in [0, 0.05) is 48.2 Å². The van der Waals surface area contributed by atoms with Crippen LogP contribution in [0.15, 0.2) is 227 Å². The van der Waals surface area contributed by atoms with Crippen molar-refractivity contribution in [1.82, 2.24) is 33.0 Å². The molecule has 5 heterocycles. The van der Waals surface area contributed by atoms with Crippen LogP contribution in [-0.4, -0.2) is 33.0 Å². The number of hydrogen-bond donors (Lipinski definition) is 0. The number of aromatic nitrogens is 7. The Balaban J connectivity index is 1.19. The van der Waals surface area contributed by atoms with Gasteiger partial charge in [0.05, 0.1) is 33.1 Å². The third-order valence-electron chi connectivity index (χ3n) is 12.3. The summed E-state index contributed by atoms with van der Waals surface area (Å²) in [5, 5.41) is 7.47. The van der Waals surface area contributed by atoms with Crippen molar-refractivity contribution in [3.8, 4) is 23.3 Å². The van der Waals surface area contributed by atoms with Crippen molar-refractivity contribution >= 4 is 75.6 Å². The average molecular weight is 838 g/mol. The van der Waals surface area contributed by atoms with E-state index in [2.05, 4.69) is 225 Å². The Bertz CT molecular complexity index is 3730. The van der Waals surface area contributed by atoms with Gasteiger partial charge in [0.2, 0.25) is 11.1 Å². The quantitative estimate of drug-likeness (QED) is 0.160. The summed E-state index contributed by atoms with van der Waals surface area (Å²) >= 11 is 0. The van der Waals surface area contributed by atoms with Gasteiger partial charge in [-0.1, -0.05) is 146 Å². The minimum atomic E-state index is -2.63. The van der Waals surface area contributed by atoms with Gasteiger partial charge in [-0.15, -0.1) is 0 Å². The van der Waals surface area contributed by atoms with Crippen LogP contribution in [0, 0.1) is 12.1 Å². The zero-order valence-electron chi connectivity index (χ0n) is 34.2. The maximum Gasteiger partial charge on any atom is 0.239 e. The van der Waals surface area contributed by atoms with Gasteiger partial charge in [-0.25, -0.2) is 4.98 Å². The van der Waals surface area contributed by atoms with E-state index >= 15 is 0 Å². The van der Waals surface area contributed by atoms with Crippen LogP contribution in [-0.2, 0) is 0 Å². The number of para-hydroxylation sites is 6. The summed E-state index contributed by atoms with van der Waals surface area (Å²) < 4.78 is 6.91. The average Bonchev–Trinajstić information content (AvgIpc) is 4.01. The highest BCUT2D eigenvalue weighted by molar-refractivity contribution is 8.32. The number of pyridine rings is 1. The lowest BCUT2D eigenvalue weighted by molar-refractivity contribution is 0.837. The fraction of sp³-hybridized carbons (Fsp3) is 0. The fourth-order valence-electron chi connectivity index (χ4n) is 9.63. The third-order valence-corrected chi connectivity index (χ3v) is 15.8. The molecule has 8 aromatic carbocycles. The first-order valence-corrected chi connectivity index (χ1v) is 22.8. The predicted octanol–water partition coefficient (Wildman–Crippen LogP) is 13.6. The van der Waals surface area contributed by atoms with E-state index in [-0.39, 0.29) is 0 Å². The standard InChI is InChI=1S/C56H35N7S/c1-3-20-38(21-4-1)64(39-22-5-2-6-23-39,63-51-35-17-11-28-44(51)45-29-12-18-36-52(45)63)56-59-54(58-55(60-56)62-49-33-15-9-26-42(49)43-27-10-16-34-50(43)62)46-30-19-37-53(57-46)61-47-31-13-7-24-40(47)41-25-8-14-32-48(41)61/h1,3-5,7-37H. The smallest absolute Gasteiger partial charge is 0.239 e. The fourth-order valence-corrected chi connectivity index (χ4v) is 13.3. The Morgan fingerprint density at radius 3 is 1.38 bits per heavy atom. The molecule has 5 aromatic heterocycles. The van der Waals surface area contributed by atoms with Gasteiger partial charge >= 0.3 is 0 Å². The first kappa shape index (κ1) is 36.2.